The number of hydrogen-bond acceptors (Lipinski definition) is 8. The van der Waals surface area contributed by atoms with Gasteiger partial charge in [0.2, 0.25) is 0 Å². The van der Waals surface area contributed by atoms with Gasteiger partial charge in [-0.15, -0.1) is 0 Å². The number of hydrogen-bond donors (Lipinski definition) is 3. The van der Waals surface area contributed by atoms with E-state index in [1.54, 1.807) is 24.3 Å². The first-order valence-electron chi connectivity index (χ1n) is 8.92. The van der Waals surface area contributed by atoms with Gasteiger partial charge in [0, 0.05) is 18.2 Å². The van der Waals surface area contributed by atoms with Gasteiger partial charge in [0.05, 0.1) is 17.6 Å². The van der Waals surface area contributed by atoms with Gasteiger partial charge in [0.15, 0.2) is 0 Å². The van der Waals surface area contributed by atoms with Crippen molar-refractivity contribution in [2.24, 2.45) is 0 Å². The summed E-state index contributed by atoms with van der Waals surface area (Å²) in [6.45, 7) is 1.02. The van der Waals surface area contributed by atoms with E-state index in [-0.39, 0.29) is 29.8 Å². The van der Waals surface area contributed by atoms with Gasteiger partial charge in [-0.3, -0.25) is 10.1 Å². The zero-order chi connectivity index (χ0) is 22.3. The number of ether oxygens (including phenoxy) is 2. The van der Waals surface area contributed by atoms with E-state index >= 15 is 0 Å². The molecule has 10 heteroatoms. The summed E-state index contributed by atoms with van der Waals surface area (Å²) in [6.07, 6.45) is -3.93. The standard InChI is InChI=1S/C20H22N2O8/c1-12-15(19(25)29-2)8-14(9-16(12)22(27)28)18(24)17(23)10-21-20(26)30-11-13-6-4-3-5-7-13/h3-9,17-18,23-24H,10-11H2,1-2H3,(H,21,26). The van der Waals surface area contributed by atoms with E-state index in [4.69, 9.17) is 4.74 Å². The molecule has 2 rings (SSSR count). The molecule has 30 heavy (non-hydrogen) atoms. The summed E-state index contributed by atoms with van der Waals surface area (Å²) in [7, 11) is 1.12. The Kier molecular flexibility index (Phi) is 7.84. The van der Waals surface area contributed by atoms with E-state index in [1.807, 2.05) is 6.07 Å². The molecule has 2 unspecified atom stereocenters. The van der Waals surface area contributed by atoms with Gasteiger partial charge in [-0.1, -0.05) is 30.3 Å². The molecule has 2 aromatic carbocycles. The molecular weight excluding hydrogens is 396 g/mol. The average Bonchev–Trinajstić information content (AvgIpc) is 2.75. The van der Waals surface area contributed by atoms with Gasteiger partial charge >= 0.3 is 12.1 Å². The maximum Gasteiger partial charge on any atom is 0.407 e. The Balaban J connectivity index is 2.05. The zero-order valence-corrected chi connectivity index (χ0v) is 16.4. The number of aliphatic hydroxyl groups is 2. The summed E-state index contributed by atoms with van der Waals surface area (Å²) in [5.41, 5.74) is 0.257. The Morgan fingerprint density at radius 3 is 2.47 bits per heavy atom. The number of nitro groups is 1. The lowest BCUT2D eigenvalue weighted by molar-refractivity contribution is -0.385. The Bertz CT molecular complexity index is 917. The van der Waals surface area contributed by atoms with Crippen LogP contribution in [0.1, 0.15) is 33.2 Å². The molecule has 2 atom stereocenters. The second kappa shape index (κ2) is 10.3. The highest BCUT2D eigenvalue weighted by Crippen LogP contribution is 2.29. The molecule has 3 N–H and O–H groups in total. The smallest absolute Gasteiger partial charge is 0.407 e. The van der Waals surface area contributed by atoms with E-state index < -0.39 is 34.9 Å². The third-order valence-electron chi connectivity index (χ3n) is 4.38. The van der Waals surface area contributed by atoms with Gasteiger partial charge in [-0.25, -0.2) is 9.59 Å². The number of nitro benzene ring substituents is 1. The van der Waals surface area contributed by atoms with E-state index in [1.165, 1.54) is 13.0 Å². The maximum atomic E-state index is 11.9. The van der Waals surface area contributed by atoms with Crippen molar-refractivity contribution in [2.45, 2.75) is 25.7 Å². The number of carbonyl (C=O) groups is 2. The van der Waals surface area contributed by atoms with Crippen molar-refractivity contribution in [3.63, 3.8) is 0 Å². The number of aliphatic hydroxyl groups excluding tert-OH is 2. The average molecular weight is 418 g/mol. The van der Waals surface area contributed by atoms with Crippen molar-refractivity contribution in [3.8, 4) is 0 Å². The maximum absolute atomic E-state index is 11.9. The lowest BCUT2D eigenvalue weighted by atomic mass is 9.97. The van der Waals surface area contributed by atoms with Crippen molar-refractivity contribution in [1.29, 1.82) is 0 Å². The SMILES string of the molecule is COC(=O)c1cc(C(O)C(O)CNC(=O)OCc2ccccc2)cc([N+](=O)[O-])c1C. The van der Waals surface area contributed by atoms with Crippen LogP contribution in [0.15, 0.2) is 42.5 Å². The molecule has 0 fully saturated rings. The van der Waals surface area contributed by atoms with Crippen LogP contribution in [0.5, 0.6) is 0 Å². The fourth-order valence-corrected chi connectivity index (χ4v) is 2.70. The molecule has 0 aliphatic heterocycles. The number of carbonyl (C=O) groups excluding carboxylic acids is 2. The molecule has 160 valence electrons. The van der Waals surface area contributed by atoms with Crippen LogP contribution in [-0.2, 0) is 16.1 Å². The molecule has 0 saturated heterocycles. The Morgan fingerprint density at radius 2 is 1.87 bits per heavy atom. The summed E-state index contributed by atoms with van der Waals surface area (Å²) < 4.78 is 9.61. The Morgan fingerprint density at radius 1 is 1.20 bits per heavy atom. The minimum atomic E-state index is -1.61. The van der Waals surface area contributed by atoms with Crippen molar-refractivity contribution in [3.05, 3.63) is 74.8 Å². The number of esters is 1. The first-order chi connectivity index (χ1) is 14.2. The molecule has 0 aliphatic rings. The number of methoxy groups -OCH3 is 1. The molecule has 2 aromatic rings. The number of amides is 1. The van der Waals surface area contributed by atoms with Crippen LogP contribution in [0.4, 0.5) is 10.5 Å². The molecule has 0 aliphatic carbocycles. The van der Waals surface area contributed by atoms with Crippen LogP contribution in [-0.4, -0.2) is 47.0 Å². The van der Waals surface area contributed by atoms with Crippen LogP contribution >= 0.6 is 0 Å². The fourth-order valence-electron chi connectivity index (χ4n) is 2.70. The Labute approximate surface area is 172 Å². The van der Waals surface area contributed by atoms with E-state index in [9.17, 15) is 29.9 Å². The van der Waals surface area contributed by atoms with Crippen molar-refractivity contribution in [2.75, 3.05) is 13.7 Å². The minimum Gasteiger partial charge on any atom is -0.465 e. The number of alkyl carbamates (subject to hydrolysis) is 1. The molecule has 0 spiro atoms. The minimum absolute atomic E-state index is 0.0258. The van der Waals surface area contributed by atoms with E-state index in [0.717, 1.165) is 18.7 Å². The first-order valence-corrected chi connectivity index (χ1v) is 8.92. The van der Waals surface area contributed by atoms with Gasteiger partial charge in [-0.05, 0) is 24.1 Å². The molecule has 0 heterocycles. The zero-order valence-electron chi connectivity index (χ0n) is 16.4. The van der Waals surface area contributed by atoms with Crippen LogP contribution in [0, 0.1) is 17.0 Å². The molecule has 0 saturated carbocycles. The lowest BCUT2D eigenvalue weighted by Gasteiger charge is -2.19. The highest BCUT2D eigenvalue weighted by Gasteiger charge is 2.26. The molecular formula is C20H22N2O8. The van der Waals surface area contributed by atoms with Crippen molar-refractivity contribution < 1.29 is 34.2 Å². The predicted molar refractivity (Wildman–Crippen MR) is 105 cm³/mol. The highest BCUT2D eigenvalue weighted by atomic mass is 16.6. The third kappa shape index (κ3) is 5.75. The van der Waals surface area contributed by atoms with Gasteiger partial charge in [0.1, 0.15) is 18.8 Å². The Hall–Kier alpha value is -3.50. The highest BCUT2D eigenvalue weighted by molar-refractivity contribution is 5.92. The first kappa shape index (κ1) is 22.8. The summed E-state index contributed by atoms with van der Waals surface area (Å²) in [5.74, 6) is -0.818. The number of benzene rings is 2. The predicted octanol–water partition coefficient (Wildman–Crippen LogP) is 2.01. The fraction of sp³-hybridized carbons (Fsp3) is 0.300. The second-order valence-electron chi connectivity index (χ2n) is 6.42. The van der Waals surface area contributed by atoms with Crippen LogP contribution in [0.25, 0.3) is 0 Å². The van der Waals surface area contributed by atoms with Gasteiger partial charge in [-0.2, -0.15) is 0 Å². The van der Waals surface area contributed by atoms with Crippen LogP contribution in [0.3, 0.4) is 0 Å². The normalized spacial score (nSPS) is 12.5. The number of rotatable bonds is 8. The molecule has 0 radical (unpaired) electrons. The summed E-state index contributed by atoms with van der Waals surface area (Å²) in [6, 6.07) is 11.2. The second-order valence-corrected chi connectivity index (χ2v) is 6.42. The monoisotopic (exact) mass is 418 g/mol. The van der Waals surface area contributed by atoms with E-state index in [0.29, 0.717) is 0 Å². The van der Waals surface area contributed by atoms with Gasteiger partial charge < -0.3 is 25.0 Å². The van der Waals surface area contributed by atoms with Crippen LogP contribution < -0.4 is 5.32 Å². The van der Waals surface area contributed by atoms with Crippen LogP contribution in [0.2, 0.25) is 0 Å². The third-order valence-corrected chi connectivity index (χ3v) is 4.38. The van der Waals surface area contributed by atoms with Crippen molar-refractivity contribution in [1.82, 2.24) is 5.32 Å². The summed E-state index contributed by atoms with van der Waals surface area (Å²) in [5, 5.41) is 34.1. The number of nitrogens with zero attached hydrogens (tertiary/aromatic N) is 1. The quantitative estimate of drug-likeness (QED) is 0.335. The topological polar surface area (TPSA) is 148 Å². The largest absolute Gasteiger partial charge is 0.465 e. The molecule has 0 bridgehead atoms. The molecule has 10 nitrogen and oxygen atoms in total. The summed E-state index contributed by atoms with van der Waals surface area (Å²) >= 11 is 0. The molecule has 1 amide bonds. The number of nitrogens with one attached hydrogen (secondary N) is 1. The van der Waals surface area contributed by atoms with E-state index in [2.05, 4.69) is 10.1 Å². The van der Waals surface area contributed by atoms with Gasteiger partial charge in [0.25, 0.3) is 5.69 Å². The van der Waals surface area contributed by atoms with Crippen molar-refractivity contribution >= 4 is 17.7 Å². The summed E-state index contributed by atoms with van der Waals surface area (Å²) in [4.78, 5) is 34.2. The lowest BCUT2D eigenvalue weighted by Crippen LogP contribution is -2.35. The molecule has 0 aromatic heterocycles.